The molecule has 0 aliphatic carbocycles. The van der Waals surface area contributed by atoms with Gasteiger partial charge in [-0.2, -0.15) is 0 Å². The molecule has 0 saturated carbocycles. The molecule has 1 unspecified atom stereocenters. The number of nitrogens with zero attached hydrogens (tertiary/aromatic N) is 3. The molecule has 0 spiro atoms. The number of aliphatic imine (C=N–C) groups is 1. The zero-order valence-electron chi connectivity index (χ0n) is 19.2. The zero-order valence-corrected chi connectivity index (χ0v) is 19.2. The van der Waals surface area contributed by atoms with Crippen LogP contribution < -0.4 is 29.9 Å². The van der Waals surface area contributed by atoms with Gasteiger partial charge in [0.05, 0.1) is 14.2 Å². The first kappa shape index (κ1) is 21.9. The summed E-state index contributed by atoms with van der Waals surface area (Å²) in [5, 5.41) is 7.04. The van der Waals surface area contributed by atoms with Crippen molar-refractivity contribution in [3.05, 3.63) is 60.2 Å². The third-order valence-corrected chi connectivity index (χ3v) is 6.01. The van der Waals surface area contributed by atoms with Crippen molar-refractivity contribution in [2.75, 3.05) is 57.2 Å². The predicted octanol–water partition coefficient (Wildman–Crippen LogP) is 3.02. The van der Waals surface area contributed by atoms with E-state index < -0.39 is 0 Å². The molecule has 2 N–H and O–H groups in total. The minimum Gasteiger partial charge on any atom is -0.497 e. The average molecular weight is 436 g/mol. The number of guanidine groups is 1. The van der Waals surface area contributed by atoms with Crippen molar-refractivity contribution < 1.29 is 9.47 Å². The molecule has 7 nitrogen and oxygen atoms in total. The van der Waals surface area contributed by atoms with Gasteiger partial charge in [0.1, 0.15) is 11.5 Å². The van der Waals surface area contributed by atoms with Crippen LogP contribution in [0, 0.1) is 0 Å². The Hall–Kier alpha value is -3.35. The summed E-state index contributed by atoms with van der Waals surface area (Å²) in [6.45, 7) is 4.57. The van der Waals surface area contributed by atoms with Gasteiger partial charge in [-0.3, -0.25) is 4.99 Å². The van der Waals surface area contributed by atoms with Crippen molar-refractivity contribution in [1.29, 1.82) is 0 Å². The number of rotatable bonds is 7. The Balaban J connectivity index is 1.32. The van der Waals surface area contributed by atoms with Gasteiger partial charge in [-0.15, -0.1) is 0 Å². The molecule has 2 aliphatic rings. The van der Waals surface area contributed by atoms with Crippen LogP contribution in [0.5, 0.6) is 11.5 Å². The third kappa shape index (κ3) is 5.28. The summed E-state index contributed by atoms with van der Waals surface area (Å²) < 4.78 is 10.8. The van der Waals surface area contributed by atoms with Crippen LogP contribution in [-0.4, -0.2) is 59.4 Å². The van der Waals surface area contributed by atoms with Gasteiger partial charge >= 0.3 is 0 Å². The Morgan fingerprint density at radius 2 is 1.75 bits per heavy atom. The number of hydrogen-bond donors (Lipinski definition) is 2. The maximum absolute atomic E-state index is 5.42. The van der Waals surface area contributed by atoms with E-state index in [1.807, 2.05) is 13.1 Å². The largest absolute Gasteiger partial charge is 0.497 e. The first-order valence-electron chi connectivity index (χ1n) is 11.1. The van der Waals surface area contributed by atoms with Crippen LogP contribution in [-0.2, 0) is 6.54 Å². The maximum Gasteiger partial charge on any atom is 0.191 e. The fourth-order valence-corrected chi connectivity index (χ4v) is 4.21. The molecule has 0 aromatic heterocycles. The van der Waals surface area contributed by atoms with Gasteiger partial charge in [-0.1, -0.05) is 24.3 Å². The molecule has 1 fully saturated rings. The van der Waals surface area contributed by atoms with Gasteiger partial charge < -0.3 is 29.9 Å². The number of hydrogen-bond acceptors (Lipinski definition) is 5. The smallest absolute Gasteiger partial charge is 0.191 e. The van der Waals surface area contributed by atoms with E-state index in [4.69, 9.17) is 9.47 Å². The lowest BCUT2D eigenvalue weighted by Gasteiger charge is -2.22. The molecule has 4 rings (SSSR count). The monoisotopic (exact) mass is 435 g/mol. The van der Waals surface area contributed by atoms with Crippen molar-refractivity contribution in [2.24, 2.45) is 4.99 Å². The normalized spacial score (nSPS) is 18.2. The van der Waals surface area contributed by atoms with Crippen LogP contribution in [0.4, 0.5) is 11.4 Å². The summed E-state index contributed by atoms with van der Waals surface area (Å²) in [4.78, 5) is 9.14. The lowest BCUT2D eigenvalue weighted by molar-refractivity contribution is 0.394. The van der Waals surface area contributed by atoms with Crippen molar-refractivity contribution in [1.82, 2.24) is 10.6 Å². The minimum absolute atomic E-state index is 0.320. The lowest BCUT2D eigenvalue weighted by atomic mass is 10.2. The molecule has 1 atom stereocenters. The van der Waals surface area contributed by atoms with Gasteiger partial charge in [-0.05, 0) is 24.1 Å². The summed E-state index contributed by atoms with van der Waals surface area (Å²) in [6, 6.07) is 15.0. The van der Waals surface area contributed by atoms with Gasteiger partial charge in [0.2, 0.25) is 0 Å². The minimum atomic E-state index is 0.320. The molecule has 1 saturated heterocycles. The van der Waals surface area contributed by atoms with E-state index in [0.29, 0.717) is 6.04 Å². The van der Waals surface area contributed by atoms with Crippen LogP contribution in [0.1, 0.15) is 12.0 Å². The van der Waals surface area contributed by atoms with Gasteiger partial charge in [0.15, 0.2) is 5.96 Å². The summed E-state index contributed by atoms with van der Waals surface area (Å²) in [5.41, 5.74) is 3.62. The fraction of sp³-hybridized carbons (Fsp3) is 0.400. The molecule has 7 heteroatoms. The predicted molar refractivity (Wildman–Crippen MR) is 131 cm³/mol. The van der Waals surface area contributed by atoms with Crippen molar-refractivity contribution in [3.8, 4) is 11.5 Å². The van der Waals surface area contributed by atoms with Crippen LogP contribution in [0.25, 0.3) is 0 Å². The molecule has 32 heavy (non-hydrogen) atoms. The number of ether oxygens (including phenoxy) is 2. The number of benzene rings is 2. The maximum atomic E-state index is 5.42. The average Bonchev–Trinajstić information content (AvgIpc) is 3.54. The van der Waals surface area contributed by atoms with Crippen LogP contribution in [0.3, 0.4) is 0 Å². The second kappa shape index (κ2) is 10.3. The van der Waals surface area contributed by atoms with Crippen LogP contribution >= 0.6 is 0 Å². The summed E-state index contributed by atoms with van der Waals surface area (Å²) in [6.07, 6.45) is 5.46. The summed E-state index contributed by atoms with van der Waals surface area (Å²) in [7, 11) is 5.18. The molecular weight excluding hydrogens is 402 g/mol. The van der Waals surface area contributed by atoms with E-state index in [0.717, 1.165) is 62.3 Å². The van der Waals surface area contributed by atoms with Crippen molar-refractivity contribution >= 4 is 17.3 Å². The number of nitrogens with one attached hydrogen (secondary N) is 2. The van der Waals surface area contributed by atoms with Gasteiger partial charge in [0, 0.05) is 75.4 Å². The highest BCUT2D eigenvalue weighted by Gasteiger charge is 2.24. The Bertz CT molecular complexity index is 944. The van der Waals surface area contributed by atoms with E-state index >= 15 is 0 Å². The van der Waals surface area contributed by atoms with E-state index in [1.165, 1.54) is 11.3 Å². The standard InChI is InChI=1S/C25H33N5O2/c1-26-25(27-17-19-7-6-8-21(13-19)29-10-4-5-11-29)28-20-9-12-30(18-20)22-14-23(31-2)16-24(15-22)32-3/h4-8,13-16,20H,9-12,17-18H2,1-3H3,(H2,26,27,28). The quantitative estimate of drug-likeness (QED) is 0.396. The molecule has 2 heterocycles. The van der Waals surface area contributed by atoms with E-state index in [9.17, 15) is 0 Å². The second-order valence-electron chi connectivity index (χ2n) is 8.12. The van der Waals surface area contributed by atoms with Gasteiger partial charge in [-0.25, -0.2) is 0 Å². The fourth-order valence-electron chi connectivity index (χ4n) is 4.21. The van der Waals surface area contributed by atoms with Crippen LogP contribution in [0.2, 0.25) is 0 Å². The number of methoxy groups -OCH3 is 2. The van der Waals surface area contributed by atoms with E-state index in [2.05, 4.69) is 74.0 Å². The molecule has 170 valence electrons. The Morgan fingerprint density at radius 1 is 1.00 bits per heavy atom. The Morgan fingerprint density at radius 3 is 2.44 bits per heavy atom. The molecule has 2 aromatic carbocycles. The van der Waals surface area contributed by atoms with Gasteiger partial charge in [0.25, 0.3) is 0 Å². The Kier molecular flexibility index (Phi) is 7.04. The van der Waals surface area contributed by atoms with E-state index in [-0.39, 0.29) is 0 Å². The van der Waals surface area contributed by atoms with Crippen LogP contribution in [0.15, 0.2) is 59.6 Å². The molecular formula is C25H33N5O2. The van der Waals surface area contributed by atoms with Crippen molar-refractivity contribution in [2.45, 2.75) is 19.0 Å². The molecule has 0 radical (unpaired) electrons. The third-order valence-electron chi connectivity index (χ3n) is 6.01. The van der Waals surface area contributed by atoms with Crippen molar-refractivity contribution in [3.63, 3.8) is 0 Å². The highest BCUT2D eigenvalue weighted by molar-refractivity contribution is 5.80. The molecule has 2 aliphatic heterocycles. The highest BCUT2D eigenvalue weighted by Crippen LogP contribution is 2.30. The number of anilines is 2. The topological polar surface area (TPSA) is 61.4 Å². The van der Waals surface area contributed by atoms with E-state index in [1.54, 1.807) is 14.2 Å². The summed E-state index contributed by atoms with van der Waals surface area (Å²) >= 11 is 0. The molecule has 2 aromatic rings. The molecule has 0 bridgehead atoms. The lowest BCUT2D eigenvalue weighted by Crippen LogP contribution is -2.44. The zero-order chi connectivity index (χ0) is 22.3. The highest BCUT2D eigenvalue weighted by atomic mass is 16.5. The second-order valence-corrected chi connectivity index (χ2v) is 8.12. The first-order valence-corrected chi connectivity index (χ1v) is 11.1. The Labute approximate surface area is 190 Å². The first-order chi connectivity index (χ1) is 15.7. The SMILES string of the molecule is CN=C(NCc1cccc(N2CC=CC2)c1)NC1CCN(c2cc(OC)cc(OC)c2)C1. The summed E-state index contributed by atoms with van der Waals surface area (Å²) in [5.74, 6) is 2.44. The molecule has 0 amide bonds.